The van der Waals surface area contributed by atoms with Gasteiger partial charge in [-0.3, -0.25) is 0 Å². The Balaban J connectivity index is 1.37. The second-order valence-corrected chi connectivity index (χ2v) is 7.68. The lowest BCUT2D eigenvalue weighted by atomic mass is 9.82. The predicted molar refractivity (Wildman–Crippen MR) is 79.1 cm³/mol. The average Bonchev–Trinajstić information content (AvgIpc) is 3.10. The average molecular weight is 338 g/mol. The number of ether oxygens (including phenoxy) is 1. The summed E-state index contributed by atoms with van der Waals surface area (Å²) in [6.07, 6.45) is 10.2. The summed E-state index contributed by atoms with van der Waals surface area (Å²) >= 11 is 3.39. The van der Waals surface area contributed by atoms with Gasteiger partial charge in [0.05, 0.1) is 6.61 Å². The fourth-order valence-corrected chi connectivity index (χ4v) is 5.48. The molecule has 0 saturated heterocycles. The van der Waals surface area contributed by atoms with Crippen LogP contribution < -0.4 is 9.47 Å². The molecule has 3 fully saturated rings. The Morgan fingerprint density at radius 3 is 2.55 bits per heavy atom. The standard InChI is InChI=1S/C16H20BrNO2/c17-15-8-18(19)4-3-16(15)20-9-10-5-13-11-1-2-12(7-11)14(13)6-10/h3-4,8,10-14H,1-2,5-7,9H2/t10-,11+,12-,13-,14+. The van der Waals surface area contributed by atoms with E-state index in [9.17, 15) is 5.21 Å². The number of aromatic nitrogens is 1. The predicted octanol–water partition coefficient (Wildman–Crippen LogP) is 3.53. The maximum absolute atomic E-state index is 11.1. The first-order valence-corrected chi connectivity index (χ1v) is 8.51. The van der Waals surface area contributed by atoms with Gasteiger partial charge >= 0.3 is 0 Å². The maximum atomic E-state index is 11.1. The van der Waals surface area contributed by atoms with Gasteiger partial charge in [-0.2, -0.15) is 4.73 Å². The molecule has 3 nitrogen and oxygen atoms in total. The lowest BCUT2D eigenvalue weighted by molar-refractivity contribution is -0.606. The molecule has 0 unspecified atom stereocenters. The van der Waals surface area contributed by atoms with Gasteiger partial charge in [0.25, 0.3) is 0 Å². The molecule has 0 aliphatic heterocycles. The molecule has 3 saturated carbocycles. The molecular formula is C16H20BrNO2. The highest BCUT2D eigenvalue weighted by molar-refractivity contribution is 9.10. The second-order valence-electron chi connectivity index (χ2n) is 6.83. The van der Waals surface area contributed by atoms with E-state index in [0.29, 0.717) is 5.92 Å². The van der Waals surface area contributed by atoms with Crippen molar-refractivity contribution in [3.63, 3.8) is 0 Å². The molecule has 0 radical (unpaired) electrons. The van der Waals surface area contributed by atoms with Crippen molar-refractivity contribution in [1.82, 2.24) is 0 Å². The van der Waals surface area contributed by atoms with Crippen molar-refractivity contribution >= 4 is 15.9 Å². The van der Waals surface area contributed by atoms with Crippen LogP contribution in [0.2, 0.25) is 0 Å². The molecule has 0 aromatic carbocycles. The summed E-state index contributed by atoms with van der Waals surface area (Å²) in [5, 5.41) is 11.1. The summed E-state index contributed by atoms with van der Waals surface area (Å²) in [7, 11) is 0. The first kappa shape index (κ1) is 12.9. The summed E-state index contributed by atoms with van der Waals surface area (Å²) in [6.45, 7) is 0.800. The van der Waals surface area contributed by atoms with Crippen LogP contribution in [0.3, 0.4) is 0 Å². The maximum Gasteiger partial charge on any atom is 0.198 e. The fourth-order valence-electron chi connectivity index (χ4n) is 5.03. The Kier molecular flexibility index (Phi) is 3.17. The smallest absolute Gasteiger partial charge is 0.198 e. The summed E-state index contributed by atoms with van der Waals surface area (Å²) in [5.74, 6) is 5.53. The molecule has 5 atom stereocenters. The number of hydrogen-bond donors (Lipinski definition) is 0. The lowest BCUT2D eigenvalue weighted by Gasteiger charge is -2.23. The Morgan fingerprint density at radius 2 is 1.90 bits per heavy atom. The van der Waals surface area contributed by atoms with E-state index in [4.69, 9.17) is 4.74 Å². The van der Waals surface area contributed by atoms with Gasteiger partial charge in [-0.25, -0.2) is 0 Å². The molecule has 0 spiro atoms. The van der Waals surface area contributed by atoms with Gasteiger partial charge in [0.1, 0.15) is 10.2 Å². The molecular weight excluding hydrogens is 318 g/mol. The van der Waals surface area contributed by atoms with E-state index in [2.05, 4.69) is 15.9 Å². The van der Waals surface area contributed by atoms with Crippen LogP contribution in [-0.4, -0.2) is 6.61 Å². The topological polar surface area (TPSA) is 36.2 Å². The highest BCUT2D eigenvalue weighted by Gasteiger charge is 2.51. The van der Waals surface area contributed by atoms with Crippen LogP contribution in [0.4, 0.5) is 0 Å². The Labute approximate surface area is 128 Å². The number of rotatable bonds is 3. The zero-order valence-corrected chi connectivity index (χ0v) is 13.1. The molecule has 0 N–H and O–H groups in total. The number of nitrogens with zero attached hydrogens (tertiary/aromatic N) is 1. The van der Waals surface area contributed by atoms with Crippen LogP contribution in [0.5, 0.6) is 5.75 Å². The minimum atomic E-state index is 0.708. The van der Waals surface area contributed by atoms with E-state index in [1.165, 1.54) is 44.5 Å². The van der Waals surface area contributed by atoms with Crippen molar-refractivity contribution < 1.29 is 9.47 Å². The SMILES string of the molecule is [O-][n+]1ccc(OC[C@@H]2C[C@@H]3[C@H]4CC[C@H](C4)[C@@H]3C2)c(Br)c1. The number of fused-ring (bicyclic) bond motifs is 5. The van der Waals surface area contributed by atoms with Crippen molar-refractivity contribution in [2.75, 3.05) is 6.61 Å². The number of hydrogen-bond acceptors (Lipinski definition) is 2. The third-order valence-electron chi connectivity index (χ3n) is 5.81. The normalized spacial score (nSPS) is 38.1. The zero-order chi connectivity index (χ0) is 13.7. The number of pyridine rings is 1. The molecule has 1 aromatic heterocycles. The first-order chi connectivity index (χ1) is 9.70. The molecule has 3 aliphatic carbocycles. The van der Waals surface area contributed by atoms with Crippen molar-refractivity contribution in [2.24, 2.45) is 29.6 Å². The monoisotopic (exact) mass is 337 g/mol. The summed E-state index contributed by atoms with van der Waals surface area (Å²) < 4.78 is 7.46. The molecule has 3 aliphatic rings. The van der Waals surface area contributed by atoms with E-state index in [0.717, 1.165) is 45.2 Å². The van der Waals surface area contributed by atoms with Gasteiger partial charge < -0.3 is 9.94 Å². The third-order valence-corrected chi connectivity index (χ3v) is 6.40. The van der Waals surface area contributed by atoms with E-state index in [1.54, 1.807) is 6.07 Å². The van der Waals surface area contributed by atoms with Crippen LogP contribution in [0.15, 0.2) is 22.9 Å². The van der Waals surface area contributed by atoms with Gasteiger partial charge in [0.2, 0.25) is 0 Å². The molecule has 108 valence electrons. The zero-order valence-electron chi connectivity index (χ0n) is 11.5. The summed E-state index contributed by atoms with van der Waals surface area (Å²) in [5.41, 5.74) is 0. The number of halogens is 1. The summed E-state index contributed by atoms with van der Waals surface area (Å²) in [4.78, 5) is 0. The fraction of sp³-hybridized carbons (Fsp3) is 0.688. The lowest BCUT2D eigenvalue weighted by Crippen LogP contribution is -2.24. The molecule has 1 heterocycles. The van der Waals surface area contributed by atoms with Crippen LogP contribution >= 0.6 is 15.9 Å². The van der Waals surface area contributed by atoms with Crippen LogP contribution in [0.1, 0.15) is 32.1 Å². The van der Waals surface area contributed by atoms with Crippen molar-refractivity contribution in [2.45, 2.75) is 32.1 Å². The largest absolute Gasteiger partial charge is 0.619 e. The highest BCUT2D eigenvalue weighted by atomic mass is 79.9. The van der Waals surface area contributed by atoms with Gasteiger partial charge in [-0.1, -0.05) is 0 Å². The minimum Gasteiger partial charge on any atom is -0.619 e. The van der Waals surface area contributed by atoms with E-state index in [-0.39, 0.29) is 0 Å². The second kappa shape index (κ2) is 4.90. The summed E-state index contributed by atoms with van der Waals surface area (Å²) in [6, 6.07) is 1.75. The van der Waals surface area contributed by atoms with Gasteiger partial charge in [-0.15, -0.1) is 0 Å². The Bertz CT molecular complexity index is 503. The molecule has 0 amide bonds. The highest BCUT2D eigenvalue weighted by Crippen LogP contribution is 2.60. The van der Waals surface area contributed by atoms with Gasteiger partial charge in [-0.05, 0) is 77.6 Å². The Morgan fingerprint density at radius 1 is 1.20 bits per heavy atom. The van der Waals surface area contributed by atoms with Gasteiger partial charge in [0.15, 0.2) is 12.4 Å². The van der Waals surface area contributed by atoms with Crippen molar-refractivity contribution in [1.29, 1.82) is 0 Å². The molecule has 4 rings (SSSR count). The van der Waals surface area contributed by atoms with Crippen LogP contribution in [0, 0.1) is 34.8 Å². The molecule has 1 aromatic rings. The quantitative estimate of drug-likeness (QED) is 0.624. The molecule has 2 bridgehead atoms. The first-order valence-electron chi connectivity index (χ1n) is 7.72. The minimum absolute atomic E-state index is 0.708. The van der Waals surface area contributed by atoms with E-state index >= 15 is 0 Å². The van der Waals surface area contributed by atoms with Crippen molar-refractivity contribution in [3.8, 4) is 5.75 Å². The van der Waals surface area contributed by atoms with E-state index in [1.807, 2.05) is 0 Å². The third kappa shape index (κ3) is 2.12. The van der Waals surface area contributed by atoms with Crippen molar-refractivity contribution in [3.05, 3.63) is 28.1 Å². The van der Waals surface area contributed by atoms with Gasteiger partial charge in [0, 0.05) is 6.07 Å². The van der Waals surface area contributed by atoms with E-state index < -0.39 is 0 Å². The van der Waals surface area contributed by atoms with Crippen LogP contribution in [-0.2, 0) is 0 Å². The Hall–Kier alpha value is -0.770. The van der Waals surface area contributed by atoms with Crippen LogP contribution in [0.25, 0.3) is 0 Å². The molecule has 4 heteroatoms. The molecule has 20 heavy (non-hydrogen) atoms.